The largest absolute Gasteiger partial charge is 0.394 e. The average molecular weight is 236 g/mol. The summed E-state index contributed by atoms with van der Waals surface area (Å²) >= 11 is 1.58. The number of hydrazone groups is 1. The van der Waals surface area contributed by atoms with Crippen molar-refractivity contribution in [1.82, 2.24) is 5.01 Å². The molecule has 2 rings (SSSR count). The zero-order valence-corrected chi connectivity index (χ0v) is 9.70. The number of hydrogen-bond donors (Lipinski definition) is 1. The third-order valence-corrected chi connectivity index (χ3v) is 3.09. The zero-order valence-electron chi connectivity index (χ0n) is 8.88. The summed E-state index contributed by atoms with van der Waals surface area (Å²) in [6, 6.07) is 3.89. The molecular formula is C11H12N2O2S. The Morgan fingerprint density at radius 2 is 2.44 bits per heavy atom. The van der Waals surface area contributed by atoms with Crippen LogP contribution in [0.15, 0.2) is 28.2 Å². The van der Waals surface area contributed by atoms with Crippen LogP contribution < -0.4 is 0 Å². The summed E-state index contributed by atoms with van der Waals surface area (Å²) in [5.41, 5.74) is 1.31. The van der Waals surface area contributed by atoms with Gasteiger partial charge in [0.1, 0.15) is 0 Å². The first-order valence-electron chi connectivity index (χ1n) is 4.96. The van der Waals surface area contributed by atoms with E-state index in [1.807, 2.05) is 23.6 Å². The Bertz CT molecular complexity index is 449. The number of nitrogens with zero attached hydrogens (tertiary/aromatic N) is 2. The highest BCUT2D eigenvalue weighted by molar-refractivity contribution is 7.10. The molecule has 5 heteroatoms. The number of carbonyl (C=O) groups excluding carboxylic acids is 1. The lowest BCUT2D eigenvalue weighted by Crippen LogP contribution is -2.25. The molecule has 84 valence electrons. The van der Waals surface area contributed by atoms with Gasteiger partial charge in [0.2, 0.25) is 0 Å². The van der Waals surface area contributed by atoms with Crippen molar-refractivity contribution in [1.29, 1.82) is 0 Å². The summed E-state index contributed by atoms with van der Waals surface area (Å²) in [5, 5.41) is 16.2. The molecule has 0 aliphatic carbocycles. The molecule has 0 spiro atoms. The van der Waals surface area contributed by atoms with Gasteiger partial charge in [0.15, 0.2) is 0 Å². The summed E-state index contributed by atoms with van der Waals surface area (Å²) in [7, 11) is 0. The molecule has 0 fully saturated rings. The van der Waals surface area contributed by atoms with Crippen LogP contribution in [0.4, 0.5) is 0 Å². The lowest BCUT2D eigenvalue weighted by atomic mass is 10.1. The molecule has 1 aromatic rings. The van der Waals surface area contributed by atoms with Gasteiger partial charge in [0, 0.05) is 4.88 Å². The van der Waals surface area contributed by atoms with Crippen molar-refractivity contribution in [2.75, 3.05) is 13.2 Å². The van der Waals surface area contributed by atoms with Crippen LogP contribution in [0, 0.1) is 0 Å². The number of aliphatic hydroxyl groups is 1. The van der Waals surface area contributed by atoms with Gasteiger partial charge in [-0.15, -0.1) is 11.3 Å². The zero-order chi connectivity index (χ0) is 11.5. The van der Waals surface area contributed by atoms with E-state index in [2.05, 4.69) is 5.10 Å². The number of hydrogen-bond acceptors (Lipinski definition) is 4. The van der Waals surface area contributed by atoms with Crippen molar-refractivity contribution in [3.8, 4) is 0 Å². The van der Waals surface area contributed by atoms with Gasteiger partial charge < -0.3 is 5.11 Å². The maximum atomic E-state index is 11.9. The highest BCUT2D eigenvalue weighted by atomic mass is 32.1. The van der Waals surface area contributed by atoms with Crippen molar-refractivity contribution < 1.29 is 9.90 Å². The van der Waals surface area contributed by atoms with E-state index in [4.69, 9.17) is 5.11 Å². The Labute approximate surface area is 97.5 Å². The third-order valence-electron chi connectivity index (χ3n) is 2.27. The number of amides is 1. The van der Waals surface area contributed by atoms with Crippen LogP contribution >= 0.6 is 11.3 Å². The maximum Gasteiger partial charge on any atom is 0.276 e. The van der Waals surface area contributed by atoms with Crippen molar-refractivity contribution in [2.24, 2.45) is 5.10 Å². The SMILES string of the molecule is CC1=NN(CCO)C(=O)/C1=C/c1cccs1. The number of β-amino-alcohol motifs (C(OH)–C–C–N with tert-alkyl or cyclic N) is 1. The number of thiophene rings is 1. The second-order valence-corrected chi connectivity index (χ2v) is 4.39. The van der Waals surface area contributed by atoms with E-state index in [1.165, 1.54) is 5.01 Å². The highest BCUT2D eigenvalue weighted by Gasteiger charge is 2.26. The van der Waals surface area contributed by atoms with Crippen LogP contribution in [0.3, 0.4) is 0 Å². The van der Waals surface area contributed by atoms with Crippen molar-refractivity contribution >= 4 is 29.0 Å². The van der Waals surface area contributed by atoms with Gasteiger partial charge in [-0.2, -0.15) is 5.10 Å². The predicted octanol–water partition coefficient (Wildman–Crippen LogP) is 1.34. The molecule has 0 radical (unpaired) electrons. The molecule has 1 amide bonds. The van der Waals surface area contributed by atoms with Gasteiger partial charge in [-0.05, 0) is 24.4 Å². The van der Waals surface area contributed by atoms with Gasteiger partial charge in [0.05, 0.1) is 24.4 Å². The van der Waals surface area contributed by atoms with Gasteiger partial charge in [-0.25, -0.2) is 5.01 Å². The Morgan fingerprint density at radius 3 is 3.06 bits per heavy atom. The monoisotopic (exact) mass is 236 g/mol. The van der Waals surface area contributed by atoms with E-state index in [0.29, 0.717) is 11.3 Å². The first kappa shape index (κ1) is 11.0. The second-order valence-electron chi connectivity index (χ2n) is 3.41. The van der Waals surface area contributed by atoms with E-state index >= 15 is 0 Å². The first-order valence-corrected chi connectivity index (χ1v) is 5.84. The minimum atomic E-state index is -0.139. The molecule has 2 heterocycles. The van der Waals surface area contributed by atoms with Crippen LogP contribution in [-0.2, 0) is 4.79 Å². The minimum Gasteiger partial charge on any atom is -0.394 e. The Hall–Kier alpha value is -1.46. The Balaban J connectivity index is 2.25. The average Bonchev–Trinajstić information content (AvgIpc) is 2.84. The van der Waals surface area contributed by atoms with Crippen LogP contribution in [0.1, 0.15) is 11.8 Å². The molecule has 0 aromatic carbocycles. The van der Waals surface area contributed by atoms with Gasteiger partial charge in [0.25, 0.3) is 5.91 Å². The Morgan fingerprint density at radius 1 is 1.62 bits per heavy atom. The molecule has 16 heavy (non-hydrogen) atoms. The molecule has 0 unspecified atom stereocenters. The molecule has 1 N–H and O–H groups in total. The maximum absolute atomic E-state index is 11.9. The summed E-state index contributed by atoms with van der Waals surface area (Å²) < 4.78 is 0. The van der Waals surface area contributed by atoms with E-state index in [-0.39, 0.29) is 19.1 Å². The molecular weight excluding hydrogens is 224 g/mol. The van der Waals surface area contributed by atoms with Gasteiger partial charge in [-0.3, -0.25) is 4.79 Å². The molecule has 0 bridgehead atoms. The van der Waals surface area contributed by atoms with Crippen LogP contribution in [0.25, 0.3) is 6.08 Å². The lowest BCUT2D eigenvalue weighted by molar-refractivity contribution is -0.126. The van der Waals surface area contributed by atoms with Crippen molar-refractivity contribution in [3.63, 3.8) is 0 Å². The number of carbonyl (C=O) groups is 1. The van der Waals surface area contributed by atoms with E-state index < -0.39 is 0 Å². The molecule has 4 nitrogen and oxygen atoms in total. The van der Waals surface area contributed by atoms with Crippen LogP contribution in [0.2, 0.25) is 0 Å². The fourth-order valence-electron chi connectivity index (χ4n) is 1.50. The Kier molecular flexibility index (Phi) is 3.17. The van der Waals surface area contributed by atoms with Gasteiger partial charge >= 0.3 is 0 Å². The fraction of sp³-hybridized carbons (Fsp3) is 0.273. The van der Waals surface area contributed by atoms with Crippen molar-refractivity contribution in [2.45, 2.75) is 6.92 Å². The molecule has 1 aliphatic heterocycles. The quantitative estimate of drug-likeness (QED) is 0.805. The molecule has 0 atom stereocenters. The molecule has 0 saturated carbocycles. The number of aliphatic hydroxyl groups excluding tert-OH is 1. The number of rotatable bonds is 3. The van der Waals surface area contributed by atoms with Crippen LogP contribution in [0.5, 0.6) is 0 Å². The van der Waals surface area contributed by atoms with Crippen LogP contribution in [-0.4, -0.2) is 34.9 Å². The highest BCUT2D eigenvalue weighted by Crippen LogP contribution is 2.20. The van der Waals surface area contributed by atoms with E-state index in [9.17, 15) is 4.79 Å². The minimum absolute atomic E-state index is 0.0746. The fourth-order valence-corrected chi connectivity index (χ4v) is 2.16. The van der Waals surface area contributed by atoms with Crippen molar-refractivity contribution in [3.05, 3.63) is 28.0 Å². The topological polar surface area (TPSA) is 52.9 Å². The molecule has 1 aliphatic rings. The molecule has 1 aromatic heterocycles. The van der Waals surface area contributed by atoms with Gasteiger partial charge in [-0.1, -0.05) is 6.07 Å². The standard InChI is InChI=1S/C11H12N2O2S/c1-8-10(7-9-3-2-6-16-9)11(15)13(12-8)4-5-14/h2-3,6-7,14H,4-5H2,1H3/b10-7+. The summed E-state index contributed by atoms with van der Waals surface area (Å²) in [5.74, 6) is -0.139. The smallest absolute Gasteiger partial charge is 0.276 e. The molecule has 0 saturated heterocycles. The lowest BCUT2D eigenvalue weighted by Gasteiger charge is -2.08. The third kappa shape index (κ3) is 2.05. The summed E-state index contributed by atoms with van der Waals surface area (Å²) in [6.45, 7) is 1.97. The summed E-state index contributed by atoms with van der Waals surface area (Å²) in [4.78, 5) is 12.9. The normalized spacial score (nSPS) is 18.4. The van der Waals surface area contributed by atoms with E-state index in [0.717, 1.165) is 4.88 Å². The van der Waals surface area contributed by atoms with E-state index in [1.54, 1.807) is 18.3 Å². The predicted molar refractivity (Wildman–Crippen MR) is 64.2 cm³/mol. The summed E-state index contributed by atoms with van der Waals surface area (Å²) in [6.07, 6.45) is 1.84. The second kappa shape index (κ2) is 4.59. The first-order chi connectivity index (χ1) is 7.72.